The molecule has 0 amide bonds. The highest BCUT2D eigenvalue weighted by Gasteiger charge is 2.13. The van der Waals surface area contributed by atoms with Crippen molar-refractivity contribution in [2.24, 2.45) is 0 Å². The summed E-state index contributed by atoms with van der Waals surface area (Å²) in [5.74, 6) is -1.31. The van der Waals surface area contributed by atoms with E-state index in [1.807, 2.05) is 24.3 Å². The van der Waals surface area contributed by atoms with Crippen molar-refractivity contribution in [2.75, 3.05) is 0 Å². The second-order valence-corrected chi connectivity index (χ2v) is 4.71. The zero-order valence-electron chi connectivity index (χ0n) is 8.98. The standard InChI is InChI=1S/C12H7BrN2O3/c13-7-2-1-6-3-9(14-8(6)4-7)10-5-11(12(16)17)18-15-10/h1-5,14H,(H,16,17). The van der Waals surface area contributed by atoms with Gasteiger partial charge in [0.15, 0.2) is 0 Å². The minimum absolute atomic E-state index is 0.176. The third-order valence-electron chi connectivity index (χ3n) is 2.58. The van der Waals surface area contributed by atoms with Gasteiger partial charge in [-0.3, -0.25) is 0 Å². The highest BCUT2D eigenvalue weighted by molar-refractivity contribution is 9.10. The number of aromatic nitrogens is 2. The molecule has 0 aliphatic heterocycles. The second-order valence-electron chi connectivity index (χ2n) is 3.80. The van der Waals surface area contributed by atoms with Crippen LogP contribution in [0.1, 0.15) is 10.6 Å². The summed E-state index contributed by atoms with van der Waals surface area (Å²) in [7, 11) is 0. The van der Waals surface area contributed by atoms with Crippen molar-refractivity contribution in [1.82, 2.24) is 10.1 Å². The lowest BCUT2D eigenvalue weighted by Gasteiger charge is -1.89. The normalized spacial score (nSPS) is 10.9. The van der Waals surface area contributed by atoms with Crippen molar-refractivity contribution in [3.63, 3.8) is 0 Å². The number of nitrogens with one attached hydrogen (secondary N) is 1. The molecule has 5 nitrogen and oxygen atoms in total. The average molecular weight is 307 g/mol. The average Bonchev–Trinajstić information content (AvgIpc) is 2.93. The number of carboxylic acids is 1. The summed E-state index contributed by atoms with van der Waals surface area (Å²) in [6.45, 7) is 0. The minimum atomic E-state index is -1.13. The van der Waals surface area contributed by atoms with Crippen LogP contribution in [-0.2, 0) is 0 Å². The smallest absolute Gasteiger partial charge is 0.374 e. The van der Waals surface area contributed by atoms with E-state index >= 15 is 0 Å². The Morgan fingerprint density at radius 2 is 2.17 bits per heavy atom. The van der Waals surface area contributed by atoms with E-state index in [0.29, 0.717) is 5.69 Å². The lowest BCUT2D eigenvalue weighted by molar-refractivity contribution is 0.0652. The number of hydrogen-bond acceptors (Lipinski definition) is 3. The quantitative estimate of drug-likeness (QED) is 0.761. The van der Waals surface area contributed by atoms with Crippen LogP contribution in [-0.4, -0.2) is 21.2 Å². The van der Waals surface area contributed by atoms with Crippen LogP contribution in [0.25, 0.3) is 22.3 Å². The lowest BCUT2D eigenvalue weighted by Crippen LogP contribution is -1.91. The topological polar surface area (TPSA) is 79.1 Å². The van der Waals surface area contributed by atoms with E-state index < -0.39 is 5.97 Å². The molecule has 0 bridgehead atoms. The van der Waals surface area contributed by atoms with E-state index in [1.165, 1.54) is 6.07 Å². The van der Waals surface area contributed by atoms with Gasteiger partial charge >= 0.3 is 5.97 Å². The molecule has 2 aromatic heterocycles. The highest BCUT2D eigenvalue weighted by atomic mass is 79.9. The van der Waals surface area contributed by atoms with E-state index in [0.717, 1.165) is 21.1 Å². The molecule has 0 saturated carbocycles. The van der Waals surface area contributed by atoms with Gasteiger partial charge < -0.3 is 14.6 Å². The molecule has 0 fully saturated rings. The molecule has 0 radical (unpaired) electrons. The van der Waals surface area contributed by atoms with Crippen molar-refractivity contribution in [2.45, 2.75) is 0 Å². The zero-order valence-corrected chi connectivity index (χ0v) is 10.6. The third kappa shape index (κ3) is 1.80. The number of benzene rings is 1. The maximum atomic E-state index is 10.7. The van der Waals surface area contributed by atoms with Gasteiger partial charge in [-0.25, -0.2) is 4.79 Å². The number of carbonyl (C=O) groups is 1. The van der Waals surface area contributed by atoms with E-state index in [9.17, 15) is 4.79 Å². The molecule has 0 atom stereocenters. The van der Waals surface area contributed by atoms with E-state index in [-0.39, 0.29) is 5.76 Å². The van der Waals surface area contributed by atoms with Gasteiger partial charge in [0.2, 0.25) is 5.76 Å². The van der Waals surface area contributed by atoms with Gasteiger partial charge in [0, 0.05) is 21.4 Å². The summed E-state index contributed by atoms with van der Waals surface area (Å²) in [5.41, 5.74) is 2.14. The fraction of sp³-hybridized carbons (Fsp3) is 0. The molecule has 6 heteroatoms. The van der Waals surface area contributed by atoms with Crippen LogP contribution in [0.2, 0.25) is 0 Å². The number of nitrogens with zero attached hydrogens (tertiary/aromatic N) is 1. The van der Waals surface area contributed by atoms with Gasteiger partial charge in [0.1, 0.15) is 5.69 Å². The first kappa shape index (κ1) is 11.0. The second kappa shape index (κ2) is 3.99. The number of rotatable bonds is 2. The van der Waals surface area contributed by atoms with Gasteiger partial charge in [0.05, 0.1) is 5.69 Å². The molecule has 0 aliphatic rings. The van der Waals surface area contributed by atoms with Gasteiger partial charge in [-0.2, -0.15) is 0 Å². The molecule has 0 spiro atoms. The van der Waals surface area contributed by atoms with Crippen molar-refractivity contribution in [3.05, 3.63) is 40.6 Å². The Morgan fingerprint density at radius 3 is 2.89 bits per heavy atom. The molecular weight excluding hydrogens is 300 g/mol. The largest absolute Gasteiger partial charge is 0.475 e. The van der Waals surface area contributed by atoms with Crippen molar-refractivity contribution in [3.8, 4) is 11.4 Å². The minimum Gasteiger partial charge on any atom is -0.475 e. The molecule has 0 aliphatic carbocycles. The number of aromatic amines is 1. The molecule has 0 unspecified atom stereocenters. The van der Waals surface area contributed by atoms with E-state index in [2.05, 4.69) is 26.1 Å². The first-order valence-electron chi connectivity index (χ1n) is 5.12. The number of H-pyrrole nitrogens is 1. The summed E-state index contributed by atoms with van der Waals surface area (Å²) in [5, 5.41) is 13.5. The third-order valence-corrected chi connectivity index (χ3v) is 3.07. The number of aromatic carboxylic acids is 1. The summed E-state index contributed by atoms with van der Waals surface area (Å²) >= 11 is 3.39. The molecule has 18 heavy (non-hydrogen) atoms. The summed E-state index contributed by atoms with van der Waals surface area (Å²) < 4.78 is 5.69. The molecule has 90 valence electrons. The molecular formula is C12H7BrN2O3. The summed E-state index contributed by atoms with van der Waals surface area (Å²) in [6.07, 6.45) is 0. The first-order valence-corrected chi connectivity index (χ1v) is 5.91. The monoisotopic (exact) mass is 306 g/mol. The Kier molecular flexibility index (Phi) is 2.45. The predicted octanol–water partition coefficient (Wildman–Crippen LogP) is 3.28. The fourth-order valence-electron chi connectivity index (χ4n) is 1.74. The molecule has 3 rings (SSSR count). The van der Waals surface area contributed by atoms with E-state index in [4.69, 9.17) is 9.63 Å². The fourth-order valence-corrected chi connectivity index (χ4v) is 2.10. The number of halogens is 1. The Hall–Kier alpha value is -2.08. The van der Waals surface area contributed by atoms with Gasteiger partial charge in [-0.1, -0.05) is 27.2 Å². The molecule has 2 heterocycles. The predicted molar refractivity (Wildman–Crippen MR) is 68.5 cm³/mol. The molecule has 1 aromatic carbocycles. The Labute approximate surface area is 110 Å². The van der Waals surface area contributed by atoms with Crippen molar-refractivity contribution < 1.29 is 14.4 Å². The Bertz CT molecular complexity index is 745. The van der Waals surface area contributed by atoms with Crippen molar-refractivity contribution >= 4 is 32.8 Å². The van der Waals surface area contributed by atoms with Crippen molar-refractivity contribution in [1.29, 1.82) is 0 Å². The maximum Gasteiger partial charge on any atom is 0.374 e. The molecule has 3 aromatic rings. The van der Waals surface area contributed by atoms with Crippen LogP contribution in [0, 0.1) is 0 Å². The Morgan fingerprint density at radius 1 is 1.33 bits per heavy atom. The van der Waals surface area contributed by atoms with Crippen LogP contribution >= 0.6 is 15.9 Å². The van der Waals surface area contributed by atoms with Crippen LogP contribution in [0.15, 0.2) is 39.3 Å². The molecule has 0 saturated heterocycles. The van der Waals surface area contributed by atoms with Crippen LogP contribution < -0.4 is 0 Å². The van der Waals surface area contributed by atoms with Gasteiger partial charge in [-0.15, -0.1) is 0 Å². The van der Waals surface area contributed by atoms with Gasteiger partial charge in [-0.05, 0) is 18.2 Å². The number of carboxylic acid groups (broad SMARTS) is 1. The van der Waals surface area contributed by atoms with Crippen LogP contribution in [0.4, 0.5) is 0 Å². The van der Waals surface area contributed by atoms with E-state index in [1.54, 1.807) is 0 Å². The summed E-state index contributed by atoms with van der Waals surface area (Å²) in [4.78, 5) is 13.9. The lowest BCUT2D eigenvalue weighted by atomic mass is 10.2. The van der Waals surface area contributed by atoms with Gasteiger partial charge in [0.25, 0.3) is 0 Å². The number of hydrogen-bond donors (Lipinski definition) is 2. The maximum absolute atomic E-state index is 10.7. The zero-order chi connectivity index (χ0) is 12.7. The van der Waals surface area contributed by atoms with Crippen LogP contribution in [0.3, 0.4) is 0 Å². The first-order chi connectivity index (χ1) is 8.63. The number of fused-ring (bicyclic) bond motifs is 1. The molecule has 2 N–H and O–H groups in total. The summed E-state index contributed by atoms with van der Waals surface area (Å²) in [6, 6.07) is 9.12. The van der Waals surface area contributed by atoms with Crippen LogP contribution in [0.5, 0.6) is 0 Å². The highest BCUT2D eigenvalue weighted by Crippen LogP contribution is 2.26. The Balaban J connectivity index is 2.10. The SMILES string of the molecule is O=C(O)c1cc(-c2cc3ccc(Br)cc3[nH]2)no1.